The summed E-state index contributed by atoms with van der Waals surface area (Å²) < 4.78 is 2.03. The Kier molecular flexibility index (Phi) is 4.68. The second-order valence-corrected chi connectivity index (χ2v) is 4.91. The van der Waals surface area contributed by atoms with Crippen molar-refractivity contribution >= 4 is 0 Å². The zero-order valence-electron chi connectivity index (χ0n) is 11.9. The largest absolute Gasteiger partial charge is 0.305 e. The van der Waals surface area contributed by atoms with Crippen LogP contribution < -0.4 is 5.32 Å². The van der Waals surface area contributed by atoms with Crippen LogP contribution in [0.5, 0.6) is 0 Å². The number of aromatic nitrogens is 3. The maximum Gasteiger partial charge on any atom is 0.0762 e. The topological polar surface area (TPSA) is 42.7 Å². The molecule has 0 bridgehead atoms. The van der Waals surface area contributed by atoms with Gasteiger partial charge in [-0.2, -0.15) is 5.10 Å². The highest BCUT2D eigenvalue weighted by Gasteiger charge is 2.04. The molecule has 2 rings (SSSR count). The van der Waals surface area contributed by atoms with Crippen molar-refractivity contribution in [1.82, 2.24) is 20.1 Å². The van der Waals surface area contributed by atoms with Crippen LogP contribution in [0.1, 0.15) is 43.3 Å². The summed E-state index contributed by atoms with van der Waals surface area (Å²) in [5, 5.41) is 7.96. The quantitative estimate of drug-likeness (QED) is 0.866. The Balaban J connectivity index is 1.86. The lowest BCUT2D eigenvalue weighted by atomic mass is 10.2. The highest BCUT2D eigenvalue weighted by Crippen LogP contribution is 2.09. The van der Waals surface area contributed by atoms with Crippen LogP contribution >= 0.6 is 0 Å². The zero-order chi connectivity index (χ0) is 13.7. The van der Waals surface area contributed by atoms with Gasteiger partial charge < -0.3 is 5.32 Å². The lowest BCUT2D eigenvalue weighted by molar-refractivity contribution is 0.471. The molecule has 0 aliphatic rings. The van der Waals surface area contributed by atoms with Gasteiger partial charge >= 0.3 is 0 Å². The van der Waals surface area contributed by atoms with Crippen molar-refractivity contribution in [3.63, 3.8) is 0 Å². The summed E-state index contributed by atoms with van der Waals surface area (Å²) in [7, 11) is 0. The van der Waals surface area contributed by atoms with Gasteiger partial charge in [0.1, 0.15) is 0 Å². The first-order valence-electron chi connectivity index (χ1n) is 6.86. The standard InChI is InChI=1S/C15H22N4/c1-4-13(3)19-9-7-14(18-19)10-16-11-15-12(2)6-5-8-17-15/h5-9,13,16H,4,10-11H2,1-3H3. The van der Waals surface area contributed by atoms with E-state index in [0.717, 1.165) is 30.9 Å². The van der Waals surface area contributed by atoms with Crippen molar-refractivity contribution in [2.45, 2.75) is 46.3 Å². The smallest absolute Gasteiger partial charge is 0.0762 e. The summed E-state index contributed by atoms with van der Waals surface area (Å²) in [6.07, 6.45) is 4.99. The van der Waals surface area contributed by atoms with Gasteiger partial charge in [0.25, 0.3) is 0 Å². The van der Waals surface area contributed by atoms with Gasteiger partial charge in [-0.05, 0) is 38.0 Å². The van der Waals surface area contributed by atoms with E-state index in [0.29, 0.717) is 6.04 Å². The van der Waals surface area contributed by atoms with Crippen LogP contribution in [0.2, 0.25) is 0 Å². The molecule has 102 valence electrons. The third kappa shape index (κ3) is 3.64. The van der Waals surface area contributed by atoms with E-state index >= 15 is 0 Å². The molecule has 0 aromatic carbocycles. The summed E-state index contributed by atoms with van der Waals surface area (Å²) >= 11 is 0. The highest BCUT2D eigenvalue weighted by molar-refractivity contribution is 5.17. The van der Waals surface area contributed by atoms with E-state index in [-0.39, 0.29) is 0 Å². The third-order valence-corrected chi connectivity index (χ3v) is 3.42. The molecule has 0 saturated heterocycles. The Morgan fingerprint density at radius 2 is 2.16 bits per heavy atom. The summed E-state index contributed by atoms with van der Waals surface area (Å²) in [6, 6.07) is 6.59. The average Bonchev–Trinajstić information content (AvgIpc) is 2.89. The molecule has 1 unspecified atom stereocenters. The molecule has 4 nitrogen and oxygen atoms in total. The molecular weight excluding hydrogens is 236 g/mol. The first-order chi connectivity index (χ1) is 9.20. The Labute approximate surface area is 114 Å². The normalized spacial score (nSPS) is 12.6. The van der Waals surface area contributed by atoms with E-state index in [1.54, 1.807) is 0 Å². The van der Waals surface area contributed by atoms with Crippen molar-refractivity contribution in [3.8, 4) is 0 Å². The fraction of sp³-hybridized carbons (Fsp3) is 0.467. The lowest BCUT2D eigenvalue weighted by Crippen LogP contribution is -2.15. The van der Waals surface area contributed by atoms with E-state index in [1.165, 1.54) is 5.56 Å². The third-order valence-electron chi connectivity index (χ3n) is 3.42. The Morgan fingerprint density at radius 3 is 2.89 bits per heavy atom. The van der Waals surface area contributed by atoms with Crippen molar-refractivity contribution < 1.29 is 0 Å². The van der Waals surface area contributed by atoms with E-state index < -0.39 is 0 Å². The minimum absolute atomic E-state index is 0.465. The Morgan fingerprint density at radius 1 is 1.32 bits per heavy atom. The molecule has 4 heteroatoms. The molecule has 0 aliphatic heterocycles. The van der Waals surface area contributed by atoms with Crippen molar-refractivity contribution in [1.29, 1.82) is 0 Å². The molecule has 2 aromatic heterocycles. The van der Waals surface area contributed by atoms with Gasteiger partial charge in [-0.25, -0.2) is 0 Å². The molecular formula is C15H22N4. The average molecular weight is 258 g/mol. The van der Waals surface area contributed by atoms with Gasteiger partial charge in [0, 0.05) is 31.5 Å². The first kappa shape index (κ1) is 13.7. The predicted octanol–water partition coefficient (Wildman–Crippen LogP) is 2.85. The van der Waals surface area contributed by atoms with Crippen LogP contribution in [0, 0.1) is 6.92 Å². The van der Waals surface area contributed by atoms with Crippen molar-refractivity contribution in [3.05, 3.63) is 47.5 Å². The van der Waals surface area contributed by atoms with E-state index in [1.807, 2.05) is 16.9 Å². The van der Waals surface area contributed by atoms with Crippen molar-refractivity contribution in [2.24, 2.45) is 0 Å². The Hall–Kier alpha value is -1.68. The van der Waals surface area contributed by atoms with Gasteiger partial charge in [-0.1, -0.05) is 13.0 Å². The van der Waals surface area contributed by atoms with Gasteiger partial charge in [0.15, 0.2) is 0 Å². The molecule has 0 aliphatic carbocycles. The number of aryl methyl sites for hydroxylation is 1. The van der Waals surface area contributed by atoms with Crippen LogP contribution in [0.15, 0.2) is 30.6 Å². The number of nitrogens with zero attached hydrogens (tertiary/aromatic N) is 3. The summed E-state index contributed by atoms with van der Waals surface area (Å²) in [4.78, 5) is 4.37. The molecule has 0 fully saturated rings. The number of pyridine rings is 1. The van der Waals surface area contributed by atoms with Crippen LogP contribution in [0.3, 0.4) is 0 Å². The van der Waals surface area contributed by atoms with Crippen LogP contribution in [0.25, 0.3) is 0 Å². The number of rotatable bonds is 6. The molecule has 0 spiro atoms. The Bertz CT molecular complexity index is 518. The molecule has 1 atom stereocenters. The summed E-state index contributed by atoms with van der Waals surface area (Å²) in [5.41, 5.74) is 3.40. The van der Waals surface area contributed by atoms with E-state index in [2.05, 4.69) is 54.5 Å². The van der Waals surface area contributed by atoms with E-state index in [4.69, 9.17) is 0 Å². The molecule has 0 amide bonds. The molecule has 2 heterocycles. The number of hydrogen-bond donors (Lipinski definition) is 1. The molecule has 1 N–H and O–H groups in total. The second kappa shape index (κ2) is 6.48. The lowest BCUT2D eigenvalue weighted by Gasteiger charge is -2.08. The minimum Gasteiger partial charge on any atom is -0.305 e. The molecule has 19 heavy (non-hydrogen) atoms. The van der Waals surface area contributed by atoms with Gasteiger partial charge in [-0.15, -0.1) is 0 Å². The first-order valence-corrected chi connectivity index (χ1v) is 6.86. The maximum absolute atomic E-state index is 4.57. The molecule has 0 saturated carbocycles. The second-order valence-electron chi connectivity index (χ2n) is 4.91. The number of hydrogen-bond acceptors (Lipinski definition) is 3. The predicted molar refractivity (Wildman–Crippen MR) is 76.7 cm³/mol. The van der Waals surface area contributed by atoms with E-state index in [9.17, 15) is 0 Å². The van der Waals surface area contributed by atoms with Crippen LogP contribution in [-0.2, 0) is 13.1 Å². The van der Waals surface area contributed by atoms with Crippen molar-refractivity contribution in [2.75, 3.05) is 0 Å². The fourth-order valence-corrected chi connectivity index (χ4v) is 1.92. The fourth-order valence-electron chi connectivity index (χ4n) is 1.92. The zero-order valence-corrected chi connectivity index (χ0v) is 11.9. The minimum atomic E-state index is 0.465. The summed E-state index contributed by atoms with van der Waals surface area (Å²) in [5.74, 6) is 0. The monoisotopic (exact) mass is 258 g/mol. The summed E-state index contributed by atoms with van der Waals surface area (Å²) in [6.45, 7) is 8.00. The van der Waals surface area contributed by atoms with Gasteiger partial charge in [0.2, 0.25) is 0 Å². The number of nitrogens with one attached hydrogen (secondary N) is 1. The van der Waals surface area contributed by atoms with Gasteiger partial charge in [-0.3, -0.25) is 9.67 Å². The molecule has 2 aromatic rings. The SMILES string of the molecule is CCC(C)n1ccc(CNCc2ncccc2C)n1. The maximum atomic E-state index is 4.57. The van der Waals surface area contributed by atoms with Crippen LogP contribution in [0.4, 0.5) is 0 Å². The molecule has 0 radical (unpaired) electrons. The highest BCUT2D eigenvalue weighted by atomic mass is 15.3. The van der Waals surface area contributed by atoms with Gasteiger partial charge in [0.05, 0.1) is 11.4 Å². The van der Waals surface area contributed by atoms with Crippen LogP contribution in [-0.4, -0.2) is 14.8 Å².